The summed E-state index contributed by atoms with van der Waals surface area (Å²) in [5.74, 6) is -0.888. The highest BCUT2D eigenvalue weighted by Gasteiger charge is 2.26. The quantitative estimate of drug-likeness (QED) is 0.298. The Bertz CT molecular complexity index is 973. The third kappa shape index (κ3) is 4.62. The second-order valence-electron chi connectivity index (χ2n) is 5.38. The van der Waals surface area contributed by atoms with Crippen LogP contribution in [0.25, 0.3) is 0 Å². The van der Waals surface area contributed by atoms with Crippen molar-refractivity contribution in [1.29, 1.82) is 0 Å². The van der Waals surface area contributed by atoms with Crippen LogP contribution >= 0.6 is 11.6 Å². The van der Waals surface area contributed by atoms with Crippen molar-refractivity contribution in [2.45, 2.75) is 18.7 Å². The molecule has 0 saturated heterocycles. The summed E-state index contributed by atoms with van der Waals surface area (Å²) in [4.78, 5) is 22.3. The molecule has 2 aromatic carbocycles. The Hall–Kier alpha value is -2.49. The van der Waals surface area contributed by atoms with E-state index in [9.17, 15) is 23.3 Å². The molecule has 10 heteroatoms. The minimum atomic E-state index is -3.87. The molecule has 0 aromatic heterocycles. The number of benzene rings is 2. The minimum absolute atomic E-state index is 0.0196. The third-order valence-corrected chi connectivity index (χ3v) is 6.26. The highest BCUT2D eigenvalue weighted by molar-refractivity contribution is 7.89. The van der Waals surface area contributed by atoms with E-state index in [0.717, 1.165) is 12.1 Å². The van der Waals surface area contributed by atoms with Crippen molar-refractivity contribution in [3.05, 3.63) is 63.2 Å². The molecule has 0 amide bonds. The first-order valence-corrected chi connectivity index (χ1v) is 9.78. The van der Waals surface area contributed by atoms with Crippen LogP contribution in [0.5, 0.6) is 5.75 Å². The summed E-state index contributed by atoms with van der Waals surface area (Å²) in [6.07, 6.45) is 0. The van der Waals surface area contributed by atoms with Crippen molar-refractivity contribution in [2.24, 2.45) is 0 Å². The van der Waals surface area contributed by atoms with Gasteiger partial charge in [-0.05, 0) is 24.3 Å². The van der Waals surface area contributed by atoms with Crippen LogP contribution in [0, 0.1) is 10.1 Å². The fourth-order valence-electron chi connectivity index (χ4n) is 2.36. The Labute approximate surface area is 161 Å². The van der Waals surface area contributed by atoms with Crippen molar-refractivity contribution in [1.82, 2.24) is 4.31 Å². The Morgan fingerprint density at radius 3 is 2.44 bits per heavy atom. The fourth-order valence-corrected chi connectivity index (χ4v) is 4.32. The van der Waals surface area contributed by atoms with Gasteiger partial charge >= 0.3 is 5.97 Å². The Balaban J connectivity index is 2.36. The molecule has 0 atom stereocenters. The number of ether oxygens (including phenoxy) is 1. The van der Waals surface area contributed by atoms with Gasteiger partial charge < -0.3 is 4.74 Å². The zero-order valence-corrected chi connectivity index (χ0v) is 16.2. The summed E-state index contributed by atoms with van der Waals surface area (Å²) in [5, 5.41) is 10.8. The largest absolute Gasteiger partial charge is 0.423 e. The number of sulfonamides is 1. The molecule has 0 spiro atoms. The van der Waals surface area contributed by atoms with Gasteiger partial charge in [-0.3, -0.25) is 10.1 Å². The molecule has 0 heterocycles. The second-order valence-corrected chi connectivity index (χ2v) is 7.69. The number of nitro benzene ring substituents is 1. The average molecular weight is 413 g/mol. The molecule has 2 rings (SSSR count). The van der Waals surface area contributed by atoms with Gasteiger partial charge in [0.05, 0.1) is 21.6 Å². The molecule has 2 aromatic rings. The summed E-state index contributed by atoms with van der Waals surface area (Å²) < 4.78 is 31.7. The van der Waals surface area contributed by atoms with Gasteiger partial charge in [0.25, 0.3) is 5.69 Å². The normalized spacial score (nSPS) is 11.4. The van der Waals surface area contributed by atoms with Crippen molar-refractivity contribution in [3.63, 3.8) is 0 Å². The standard InChI is InChI=1S/C17H17ClN2O6S/c1-3-19(4-2)27(24,25)16-10-12(8-9-15(16)18)17(21)26-14-7-5-6-13(11-14)20(22)23/h5-11H,3-4H2,1-2H3. The number of nitrogens with zero attached hydrogens (tertiary/aromatic N) is 2. The van der Waals surface area contributed by atoms with E-state index in [0.29, 0.717) is 0 Å². The van der Waals surface area contributed by atoms with Crippen LogP contribution in [0.3, 0.4) is 0 Å². The molecule has 0 saturated carbocycles. The van der Waals surface area contributed by atoms with E-state index < -0.39 is 20.9 Å². The number of esters is 1. The molecule has 0 unspecified atom stereocenters. The van der Waals surface area contributed by atoms with E-state index >= 15 is 0 Å². The lowest BCUT2D eigenvalue weighted by molar-refractivity contribution is -0.384. The van der Waals surface area contributed by atoms with Gasteiger partial charge in [0.15, 0.2) is 0 Å². The first-order valence-electron chi connectivity index (χ1n) is 7.97. The van der Waals surface area contributed by atoms with Crippen LogP contribution in [0.15, 0.2) is 47.4 Å². The van der Waals surface area contributed by atoms with Gasteiger partial charge in [-0.25, -0.2) is 13.2 Å². The van der Waals surface area contributed by atoms with Crippen molar-refractivity contribution in [3.8, 4) is 5.75 Å². The highest BCUT2D eigenvalue weighted by Crippen LogP contribution is 2.27. The summed E-state index contributed by atoms with van der Waals surface area (Å²) in [6, 6.07) is 8.87. The first kappa shape index (κ1) is 20.8. The monoisotopic (exact) mass is 412 g/mol. The van der Waals surface area contributed by atoms with Crippen molar-refractivity contribution >= 4 is 33.3 Å². The molecule has 0 aliphatic rings. The van der Waals surface area contributed by atoms with Crippen LogP contribution in [0.2, 0.25) is 5.02 Å². The number of rotatable bonds is 7. The average Bonchev–Trinajstić information content (AvgIpc) is 2.62. The van der Waals surface area contributed by atoms with Gasteiger partial charge in [-0.2, -0.15) is 4.31 Å². The summed E-state index contributed by atoms with van der Waals surface area (Å²) in [5.41, 5.74) is -0.280. The Morgan fingerprint density at radius 1 is 1.19 bits per heavy atom. The molecular weight excluding hydrogens is 396 g/mol. The lowest BCUT2D eigenvalue weighted by Crippen LogP contribution is -2.31. The summed E-state index contributed by atoms with van der Waals surface area (Å²) in [6.45, 7) is 3.87. The minimum Gasteiger partial charge on any atom is -0.423 e. The second kappa shape index (κ2) is 8.47. The van der Waals surface area contributed by atoms with Gasteiger partial charge in [-0.1, -0.05) is 31.5 Å². The third-order valence-electron chi connectivity index (χ3n) is 3.73. The lowest BCUT2D eigenvalue weighted by Gasteiger charge is -2.19. The smallest absolute Gasteiger partial charge is 0.343 e. The number of halogens is 1. The predicted octanol–water partition coefficient (Wildman–Crippen LogP) is 3.50. The van der Waals surface area contributed by atoms with Crippen LogP contribution in [0.1, 0.15) is 24.2 Å². The Morgan fingerprint density at radius 2 is 1.85 bits per heavy atom. The zero-order valence-electron chi connectivity index (χ0n) is 14.6. The van der Waals surface area contributed by atoms with E-state index in [1.807, 2.05) is 0 Å². The molecule has 0 aliphatic heterocycles. The molecule has 0 fully saturated rings. The number of hydrogen-bond acceptors (Lipinski definition) is 6. The van der Waals surface area contributed by atoms with Crippen molar-refractivity contribution in [2.75, 3.05) is 13.1 Å². The van der Waals surface area contributed by atoms with Crippen LogP contribution < -0.4 is 4.74 Å². The molecule has 8 nitrogen and oxygen atoms in total. The zero-order chi connectivity index (χ0) is 20.2. The number of non-ortho nitro benzene ring substituents is 1. The lowest BCUT2D eigenvalue weighted by atomic mass is 10.2. The number of nitro groups is 1. The van der Waals surface area contributed by atoms with Gasteiger partial charge in [0.1, 0.15) is 10.6 Å². The maximum absolute atomic E-state index is 12.7. The first-order chi connectivity index (χ1) is 12.7. The highest BCUT2D eigenvalue weighted by atomic mass is 35.5. The molecule has 27 heavy (non-hydrogen) atoms. The van der Waals surface area contributed by atoms with E-state index in [4.69, 9.17) is 16.3 Å². The van der Waals surface area contributed by atoms with Crippen LogP contribution in [-0.2, 0) is 10.0 Å². The summed E-state index contributed by atoms with van der Waals surface area (Å²) >= 11 is 6.03. The van der Waals surface area contributed by atoms with E-state index in [2.05, 4.69) is 0 Å². The molecule has 144 valence electrons. The molecule has 0 radical (unpaired) electrons. The van der Waals surface area contributed by atoms with Crippen LogP contribution in [-0.4, -0.2) is 36.7 Å². The molecule has 0 bridgehead atoms. The van der Waals surface area contributed by atoms with E-state index in [1.165, 1.54) is 34.6 Å². The SMILES string of the molecule is CCN(CC)S(=O)(=O)c1cc(C(=O)Oc2cccc([N+](=O)[O-])c2)ccc1Cl. The van der Waals surface area contributed by atoms with E-state index in [-0.39, 0.29) is 40.0 Å². The Kier molecular flexibility index (Phi) is 6.53. The summed E-state index contributed by atoms with van der Waals surface area (Å²) in [7, 11) is -3.87. The predicted molar refractivity (Wildman–Crippen MR) is 99.6 cm³/mol. The molecular formula is C17H17ClN2O6S. The van der Waals surface area contributed by atoms with Gasteiger partial charge in [-0.15, -0.1) is 0 Å². The maximum atomic E-state index is 12.7. The van der Waals surface area contributed by atoms with Gasteiger partial charge in [0, 0.05) is 19.2 Å². The number of carbonyl (C=O) groups is 1. The maximum Gasteiger partial charge on any atom is 0.343 e. The van der Waals surface area contributed by atoms with E-state index in [1.54, 1.807) is 13.8 Å². The topological polar surface area (TPSA) is 107 Å². The molecule has 0 aliphatic carbocycles. The molecule has 0 N–H and O–H groups in total. The number of carbonyl (C=O) groups excluding carboxylic acids is 1. The van der Waals surface area contributed by atoms with Crippen molar-refractivity contribution < 1.29 is 22.9 Å². The van der Waals surface area contributed by atoms with Gasteiger partial charge in [0.2, 0.25) is 10.0 Å². The number of hydrogen-bond donors (Lipinski definition) is 0. The van der Waals surface area contributed by atoms with Crippen LogP contribution in [0.4, 0.5) is 5.69 Å². The fraction of sp³-hybridized carbons (Fsp3) is 0.235.